The van der Waals surface area contributed by atoms with Crippen LogP contribution < -0.4 is 5.32 Å². The van der Waals surface area contributed by atoms with Crippen LogP contribution in [0, 0.1) is 5.92 Å². The fourth-order valence-electron chi connectivity index (χ4n) is 1.99. The van der Waals surface area contributed by atoms with Crippen molar-refractivity contribution in [3.05, 3.63) is 18.0 Å². The van der Waals surface area contributed by atoms with Crippen LogP contribution in [0.3, 0.4) is 0 Å². The molecular formula is C10H15F2N3. The molecule has 0 spiro atoms. The van der Waals surface area contributed by atoms with Crippen molar-refractivity contribution in [3.63, 3.8) is 0 Å². The third kappa shape index (κ3) is 2.53. The van der Waals surface area contributed by atoms with E-state index in [-0.39, 0.29) is 5.69 Å². The van der Waals surface area contributed by atoms with Crippen LogP contribution in [-0.4, -0.2) is 22.9 Å². The van der Waals surface area contributed by atoms with E-state index in [0.717, 1.165) is 25.9 Å². The maximum atomic E-state index is 12.5. The van der Waals surface area contributed by atoms with Crippen LogP contribution in [0.1, 0.15) is 25.0 Å². The van der Waals surface area contributed by atoms with Crippen LogP contribution in [0.2, 0.25) is 0 Å². The maximum Gasteiger partial charge on any atom is 0.280 e. The summed E-state index contributed by atoms with van der Waals surface area (Å²) < 4.78 is 26.5. The molecule has 0 unspecified atom stereocenters. The number of hydrogen-bond donors (Lipinski definition) is 1. The van der Waals surface area contributed by atoms with Crippen LogP contribution in [-0.2, 0) is 6.54 Å². The first kappa shape index (κ1) is 10.5. The number of aromatic nitrogens is 2. The van der Waals surface area contributed by atoms with Gasteiger partial charge in [0.1, 0.15) is 5.69 Å². The van der Waals surface area contributed by atoms with Gasteiger partial charge in [0.05, 0.1) is 0 Å². The summed E-state index contributed by atoms with van der Waals surface area (Å²) >= 11 is 0. The van der Waals surface area contributed by atoms with Crippen molar-refractivity contribution in [1.82, 2.24) is 15.1 Å². The number of halogens is 2. The van der Waals surface area contributed by atoms with Gasteiger partial charge in [-0.1, -0.05) is 0 Å². The molecule has 1 aliphatic heterocycles. The van der Waals surface area contributed by atoms with Gasteiger partial charge in [-0.15, -0.1) is 0 Å². The van der Waals surface area contributed by atoms with Crippen molar-refractivity contribution in [2.75, 3.05) is 13.1 Å². The molecule has 2 rings (SSSR count). The minimum absolute atomic E-state index is 0.0357. The lowest BCUT2D eigenvalue weighted by Crippen LogP contribution is -2.30. The third-order valence-electron chi connectivity index (χ3n) is 2.86. The van der Waals surface area contributed by atoms with Crippen molar-refractivity contribution in [3.8, 4) is 0 Å². The summed E-state index contributed by atoms with van der Waals surface area (Å²) in [5, 5.41) is 7.20. The highest BCUT2D eigenvalue weighted by atomic mass is 19.3. The summed E-state index contributed by atoms with van der Waals surface area (Å²) in [5.41, 5.74) is 0.0357. The normalized spacial score (nSPS) is 18.6. The van der Waals surface area contributed by atoms with E-state index in [1.54, 1.807) is 0 Å². The quantitative estimate of drug-likeness (QED) is 0.833. The molecular weight excluding hydrogens is 200 g/mol. The van der Waals surface area contributed by atoms with E-state index in [0.29, 0.717) is 12.5 Å². The molecule has 0 radical (unpaired) electrons. The molecule has 3 nitrogen and oxygen atoms in total. The summed E-state index contributed by atoms with van der Waals surface area (Å²) in [7, 11) is 0. The SMILES string of the molecule is FC(F)c1ccnn1CC1CCNCC1. The second kappa shape index (κ2) is 4.70. The topological polar surface area (TPSA) is 29.9 Å². The Balaban J connectivity index is 1.99. The zero-order valence-electron chi connectivity index (χ0n) is 8.50. The molecule has 2 heterocycles. The lowest BCUT2D eigenvalue weighted by molar-refractivity contribution is 0.136. The summed E-state index contributed by atoms with van der Waals surface area (Å²) in [5.74, 6) is 0.476. The molecule has 1 aromatic heterocycles. The Morgan fingerprint density at radius 3 is 2.87 bits per heavy atom. The average molecular weight is 215 g/mol. The Hall–Kier alpha value is -0.970. The number of nitrogens with one attached hydrogen (secondary N) is 1. The minimum atomic E-state index is -2.42. The summed E-state index contributed by atoms with van der Waals surface area (Å²) in [6.07, 6.45) is 1.11. The summed E-state index contributed by atoms with van der Waals surface area (Å²) in [6.45, 7) is 2.58. The highest BCUT2D eigenvalue weighted by Gasteiger charge is 2.18. The number of alkyl halides is 2. The molecule has 15 heavy (non-hydrogen) atoms. The number of rotatable bonds is 3. The third-order valence-corrected chi connectivity index (χ3v) is 2.86. The Bertz CT molecular complexity index is 305. The predicted molar refractivity (Wildman–Crippen MR) is 52.8 cm³/mol. The first-order valence-corrected chi connectivity index (χ1v) is 5.28. The Labute approximate surface area is 87.5 Å². The zero-order valence-corrected chi connectivity index (χ0v) is 8.50. The summed E-state index contributed by atoms with van der Waals surface area (Å²) in [6, 6.07) is 1.39. The van der Waals surface area contributed by atoms with Gasteiger partial charge in [0, 0.05) is 12.7 Å². The monoisotopic (exact) mass is 215 g/mol. The van der Waals surface area contributed by atoms with Gasteiger partial charge in [-0.05, 0) is 37.9 Å². The van der Waals surface area contributed by atoms with Gasteiger partial charge in [-0.2, -0.15) is 5.10 Å². The van der Waals surface area contributed by atoms with E-state index in [9.17, 15) is 8.78 Å². The van der Waals surface area contributed by atoms with E-state index < -0.39 is 6.43 Å². The average Bonchev–Trinajstić information content (AvgIpc) is 2.67. The van der Waals surface area contributed by atoms with Gasteiger partial charge in [0.25, 0.3) is 6.43 Å². The van der Waals surface area contributed by atoms with Crippen LogP contribution in [0.15, 0.2) is 12.3 Å². The van der Waals surface area contributed by atoms with Crippen LogP contribution in [0.5, 0.6) is 0 Å². The van der Waals surface area contributed by atoms with Crippen molar-refractivity contribution in [1.29, 1.82) is 0 Å². The molecule has 1 aromatic rings. The first-order valence-electron chi connectivity index (χ1n) is 5.28. The van der Waals surface area contributed by atoms with E-state index >= 15 is 0 Å². The number of piperidine rings is 1. The molecule has 84 valence electrons. The largest absolute Gasteiger partial charge is 0.317 e. The van der Waals surface area contributed by atoms with Crippen LogP contribution in [0.25, 0.3) is 0 Å². The number of hydrogen-bond acceptors (Lipinski definition) is 2. The van der Waals surface area contributed by atoms with Crippen LogP contribution >= 0.6 is 0 Å². The second-order valence-corrected chi connectivity index (χ2v) is 3.93. The van der Waals surface area contributed by atoms with Gasteiger partial charge in [-0.25, -0.2) is 8.78 Å². The van der Waals surface area contributed by atoms with Crippen LogP contribution in [0.4, 0.5) is 8.78 Å². The smallest absolute Gasteiger partial charge is 0.280 e. The molecule has 1 saturated heterocycles. The second-order valence-electron chi connectivity index (χ2n) is 3.93. The van der Waals surface area contributed by atoms with E-state index in [1.807, 2.05) is 0 Å². The Morgan fingerprint density at radius 2 is 2.20 bits per heavy atom. The molecule has 0 amide bonds. The molecule has 0 aromatic carbocycles. The van der Waals surface area contributed by atoms with Gasteiger partial charge >= 0.3 is 0 Å². The standard InChI is InChI=1S/C10H15F2N3/c11-10(12)9-3-6-14-15(9)7-8-1-4-13-5-2-8/h3,6,8,10,13H,1-2,4-5,7H2. The first-order chi connectivity index (χ1) is 7.27. The fraction of sp³-hybridized carbons (Fsp3) is 0.700. The van der Waals surface area contributed by atoms with E-state index in [2.05, 4.69) is 10.4 Å². The van der Waals surface area contributed by atoms with Gasteiger partial charge in [-0.3, -0.25) is 4.68 Å². The fourth-order valence-corrected chi connectivity index (χ4v) is 1.99. The summed E-state index contributed by atoms with van der Waals surface area (Å²) in [4.78, 5) is 0. The van der Waals surface area contributed by atoms with Crippen molar-refractivity contribution in [2.24, 2.45) is 5.92 Å². The molecule has 0 aliphatic carbocycles. The molecule has 1 fully saturated rings. The zero-order chi connectivity index (χ0) is 10.7. The Morgan fingerprint density at radius 1 is 1.47 bits per heavy atom. The maximum absolute atomic E-state index is 12.5. The van der Waals surface area contributed by atoms with Gasteiger partial charge in [0.15, 0.2) is 0 Å². The van der Waals surface area contributed by atoms with E-state index in [1.165, 1.54) is 16.9 Å². The molecule has 5 heteroatoms. The predicted octanol–water partition coefficient (Wildman–Crippen LogP) is 1.82. The highest BCUT2D eigenvalue weighted by molar-refractivity contribution is 5.01. The highest BCUT2D eigenvalue weighted by Crippen LogP contribution is 2.21. The molecule has 0 bridgehead atoms. The Kier molecular flexibility index (Phi) is 3.30. The van der Waals surface area contributed by atoms with Crippen molar-refractivity contribution < 1.29 is 8.78 Å². The molecule has 1 N–H and O–H groups in total. The van der Waals surface area contributed by atoms with Gasteiger partial charge in [0.2, 0.25) is 0 Å². The van der Waals surface area contributed by atoms with Crippen molar-refractivity contribution >= 4 is 0 Å². The van der Waals surface area contributed by atoms with E-state index in [4.69, 9.17) is 0 Å². The van der Waals surface area contributed by atoms with Gasteiger partial charge < -0.3 is 5.32 Å². The molecule has 1 aliphatic rings. The molecule has 0 atom stereocenters. The lowest BCUT2D eigenvalue weighted by atomic mass is 9.98. The lowest BCUT2D eigenvalue weighted by Gasteiger charge is -2.23. The minimum Gasteiger partial charge on any atom is -0.317 e. The molecule has 0 saturated carbocycles. The number of nitrogens with zero attached hydrogens (tertiary/aromatic N) is 2. The van der Waals surface area contributed by atoms with Crippen molar-refractivity contribution in [2.45, 2.75) is 25.8 Å².